The molecule has 0 spiro atoms. The smallest absolute Gasteiger partial charge is 0.356 e. The van der Waals surface area contributed by atoms with E-state index in [1.807, 2.05) is 49.4 Å². The summed E-state index contributed by atoms with van der Waals surface area (Å²) in [5.41, 5.74) is 2.84. The number of carbonyl (C=O) groups excluding carboxylic acids is 1. The van der Waals surface area contributed by atoms with Gasteiger partial charge in [0.2, 0.25) is 0 Å². The number of methoxy groups -OCH3 is 1. The summed E-state index contributed by atoms with van der Waals surface area (Å²) < 4.78 is 10.7. The third kappa shape index (κ3) is 3.34. The Morgan fingerprint density at radius 3 is 2.71 bits per heavy atom. The summed E-state index contributed by atoms with van der Waals surface area (Å²) >= 11 is 6.17. The van der Waals surface area contributed by atoms with Gasteiger partial charge in [0.05, 0.1) is 12.6 Å². The number of pyridine rings is 1. The highest BCUT2D eigenvalue weighted by Gasteiger charge is 2.14. The van der Waals surface area contributed by atoms with Gasteiger partial charge in [0.25, 0.3) is 0 Å². The molecule has 0 aliphatic carbocycles. The summed E-state index contributed by atoms with van der Waals surface area (Å²) in [6.45, 7) is 2.29. The molecule has 3 rings (SSSR count). The first-order valence-corrected chi connectivity index (χ1v) is 7.82. The average Bonchev–Trinajstić information content (AvgIpc) is 2.60. The summed E-state index contributed by atoms with van der Waals surface area (Å²) in [6.07, 6.45) is 0. The van der Waals surface area contributed by atoms with Crippen LogP contribution in [0.25, 0.3) is 10.9 Å². The van der Waals surface area contributed by atoms with Crippen LogP contribution in [0, 0.1) is 6.92 Å². The number of esters is 1. The lowest BCUT2D eigenvalue weighted by Crippen LogP contribution is -2.06. The Kier molecular flexibility index (Phi) is 4.67. The molecule has 0 bridgehead atoms. The zero-order chi connectivity index (χ0) is 17.1. The van der Waals surface area contributed by atoms with Crippen molar-refractivity contribution in [3.05, 3.63) is 70.4 Å². The molecule has 0 fully saturated rings. The number of benzene rings is 2. The molecule has 24 heavy (non-hydrogen) atoms. The standard InChI is InChI=1S/C19H16ClNO3/c1-12-7-8-16-14(9-12)18(10-17(21-16)19(22)23-2)24-11-13-5-3-4-6-15(13)20/h3-10H,11H2,1-2H3. The van der Waals surface area contributed by atoms with Crippen molar-refractivity contribution < 1.29 is 14.3 Å². The lowest BCUT2D eigenvalue weighted by molar-refractivity contribution is 0.0594. The third-order valence-electron chi connectivity index (χ3n) is 3.66. The Labute approximate surface area is 145 Å². The van der Waals surface area contributed by atoms with Crippen LogP contribution in [-0.2, 0) is 11.3 Å². The van der Waals surface area contributed by atoms with Crippen LogP contribution in [0.3, 0.4) is 0 Å². The molecule has 0 N–H and O–H groups in total. The summed E-state index contributed by atoms with van der Waals surface area (Å²) in [5.74, 6) is 0.0732. The zero-order valence-electron chi connectivity index (χ0n) is 13.4. The number of hydrogen-bond acceptors (Lipinski definition) is 4. The highest BCUT2D eigenvalue weighted by molar-refractivity contribution is 6.31. The van der Waals surface area contributed by atoms with Gasteiger partial charge < -0.3 is 9.47 Å². The molecule has 2 aromatic carbocycles. The second-order valence-corrected chi connectivity index (χ2v) is 5.81. The number of fused-ring (bicyclic) bond motifs is 1. The highest BCUT2D eigenvalue weighted by atomic mass is 35.5. The van der Waals surface area contributed by atoms with Crippen LogP contribution in [0.2, 0.25) is 5.02 Å². The highest BCUT2D eigenvalue weighted by Crippen LogP contribution is 2.28. The SMILES string of the molecule is COC(=O)c1cc(OCc2ccccc2Cl)c2cc(C)ccc2n1. The van der Waals surface area contributed by atoms with Crippen LogP contribution in [0.5, 0.6) is 5.75 Å². The van der Waals surface area contributed by atoms with Gasteiger partial charge in [-0.15, -0.1) is 0 Å². The minimum absolute atomic E-state index is 0.211. The Morgan fingerprint density at radius 2 is 1.96 bits per heavy atom. The van der Waals surface area contributed by atoms with Crippen LogP contribution in [0.4, 0.5) is 0 Å². The van der Waals surface area contributed by atoms with E-state index in [0.717, 1.165) is 16.5 Å². The fourth-order valence-electron chi connectivity index (χ4n) is 2.41. The van der Waals surface area contributed by atoms with Crippen molar-refractivity contribution in [2.45, 2.75) is 13.5 Å². The van der Waals surface area contributed by atoms with E-state index in [9.17, 15) is 4.79 Å². The number of nitrogens with zero attached hydrogens (tertiary/aromatic N) is 1. The van der Waals surface area contributed by atoms with Crippen LogP contribution < -0.4 is 4.74 Å². The van der Waals surface area contributed by atoms with E-state index in [4.69, 9.17) is 21.1 Å². The van der Waals surface area contributed by atoms with E-state index < -0.39 is 5.97 Å². The summed E-state index contributed by atoms with van der Waals surface area (Å²) in [5, 5.41) is 1.48. The molecule has 0 saturated heterocycles. The predicted octanol–water partition coefficient (Wildman–Crippen LogP) is 4.56. The molecular weight excluding hydrogens is 326 g/mol. The molecule has 3 aromatic rings. The third-order valence-corrected chi connectivity index (χ3v) is 4.03. The first-order valence-electron chi connectivity index (χ1n) is 7.44. The topological polar surface area (TPSA) is 48.4 Å². The van der Waals surface area contributed by atoms with Crippen molar-refractivity contribution in [3.63, 3.8) is 0 Å². The molecule has 1 aromatic heterocycles. The molecule has 5 heteroatoms. The van der Waals surface area contributed by atoms with E-state index in [1.54, 1.807) is 6.07 Å². The van der Waals surface area contributed by atoms with E-state index in [0.29, 0.717) is 22.9 Å². The second kappa shape index (κ2) is 6.89. The van der Waals surface area contributed by atoms with Crippen molar-refractivity contribution in [2.75, 3.05) is 7.11 Å². The first kappa shape index (κ1) is 16.3. The van der Waals surface area contributed by atoms with Gasteiger partial charge in [-0.2, -0.15) is 0 Å². The van der Waals surface area contributed by atoms with E-state index in [2.05, 4.69) is 4.98 Å². The van der Waals surface area contributed by atoms with Crippen LogP contribution in [0.1, 0.15) is 21.6 Å². The van der Waals surface area contributed by atoms with Gasteiger partial charge in [-0.25, -0.2) is 9.78 Å². The molecule has 0 atom stereocenters. The van der Waals surface area contributed by atoms with Gasteiger partial charge >= 0.3 is 5.97 Å². The Balaban J connectivity index is 2.02. The van der Waals surface area contributed by atoms with Gasteiger partial charge in [-0.1, -0.05) is 41.4 Å². The molecule has 0 aliphatic rings. The summed E-state index contributed by atoms with van der Waals surface area (Å²) in [4.78, 5) is 16.2. The maximum absolute atomic E-state index is 11.8. The van der Waals surface area contributed by atoms with E-state index in [-0.39, 0.29) is 5.69 Å². The molecule has 0 amide bonds. The van der Waals surface area contributed by atoms with Crippen molar-refractivity contribution >= 4 is 28.5 Å². The first-order chi connectivity index (χ1) is 11.6. The minimum atomic E-state index is -0.500. The number of aryl methyl sites for hydroxylation is 1. The maximum atomic E-state index is 11.8. The largest absolute Gasteiger partial charge is 0.488 e. The normalized spacial score (nSPS) is 10.6. The number of aromatic nitrogens is 1. The minimum Gasteiger partial charge on any atom is -0.488 e. The van der Waals surface area contributed by atoms with Gasteiger partial charge in [-0.3, -0.25) is 0 Å². The van der Waals surface area contributed by atoms with Crippen LogP contribution in [0.15, 0.2) is 48.5 Å². The monoisotopic (exact) mass is 341 g/mol. The zero-order valence-corrected chi connectivity index (χ0v) is 14.1. The number of hydrogen-bond donors (Lipinski definition) is 0. The summed E-state index contributed by atoms with van der Waals surface area (Å²) in [7, 11) is 1.33. The number of ether oxygens (including phenoxy) is 2. The molecule has 1 heterocycles. The predicted molar refractivity (Wildman–Crippen MR) is 93.6 cm³/mol. The maximum Gasteiger partial charge on any atom is 0.356 e. The van der Waals surface area contributed by atoms with Crippen molar-refractivity contribution in [3.8, 4) is 5.75 Å². The summed E-state index contributed by atoms with van der Waals surface area (Å²) in [6, 6.07) is 14.9. The second-order valence-electron chi connectivity index (χ2n) is 5.40. The molecule has 0 saturated carbocycles. The van der Waals surface area contributed by atoms with Gasteiger partial charge in [0.15, 0.2) is 5.69 Å². The average molecular weight is 342 g/mol. The van der Waals surface area contributed by atoms with E-state index in [1.165, 1.54) is 7.11 Å². The van der Waals surface area contributed by atoms with E-state index >= 15 is 0 Å². The van der Waals surface area contributed by atoms with Crippen LogP contribution in [-0.4, -0.2) is 18.1 Å². The number of carbonyl (C=O) groups is 1. The molecule has 0 unspecified atom stereocenters. The number of rotatable bonds is 4. The lowest BCUT2D eigenvalue weighted by atomic mass is 10.1. The lowest BCUT2D eigenvalue weighted by Gasteiger charge is -2.12. The fourth-order valence-corrected chi connectivity index (χ4v) is 2.60. The van der Waals surface area contributed by atoms with Crippen LogP contribution >= 0.6 is 11.6 Å². The Morgan fingerprint density at radius 1 is 1.17 bits per heavy atom. The number of halogens is 1. The molecule has 4 nitrogen and oxygen atoms in total. The molecular formula is C19H16ClNO3. The van der Waals surface area contributed by atoms with Crippen molar-refractivity contribution in [2.24, 2.45) is 0 Å². The molecule has 0 aliphatic heterocycles. The van der Waals surface area contributed by atoms with Crippen molar-refractivity contribution in [1.82, 2.24) is 4.98 Å². The van der Waals surface area contributed by atoms with Crippen molar-refractivity contribution in [1.29, 1.82) is 0 Å². The van der Waals surface area contributed by atoms with Gasteiger partial charge in [0.1, 0.15) is 12.4 Å². The fraction of sp³-hybridized carbons (Fsp3) is 0.158. The Bertz CT molecular complexity index is 908. The molecule has 122 valence electrons. The molecule has 0 radical (unpaired) electrons. The van der Waals surface area contributed by atoms with Gasteiger partial charge in [0, 0.05) is 22.0 Å². The van der Waals surface area contributed by atoms with Gasteiger partial charge in [-0.05, 0) is 25.1 Å². The Hall–Kier alpha value is -2.59. The quantitative estimate of drug-likeness (QED) is 0.652.